The highest BCUT2D eigenvalue weighted by Crippen LogP contribution is 2.24. The number of carbonyl (C=O) groups excluding carboxylic acids is 4. The lowest BCUT2D eigenvalue weighted by atomic mass is 9.86. The molecule has 10 nitrogen and oxygen atoms in total. The highest BCUT2D eigenvalue weighted by atomic mass is 16.5. The lowest BCUT2D eigenvalue weighted by Crippen LogP contribution is -2.48. The van der Waals surface area contributed by atoms with E-state index in [0.717, 1.165) is 12.2 Å². The molecule has 0 aromatic carbocycles. The van der Waals surface area contributed by atoms with Gasteiger partial charge in [-0.1, -0.05) is 27.7 Å². The van der Waals surface area contributed by atoms with E-state index in [4.69, 9.17) is 9.47 Å². The van der Waals surface area contributed by atoms with Crippen LogP contribution < -0.4 is 0 Å². The van der Waals surface area contributed by atoms with Gasteiger partial charge in [0.2, 0.25) is 0 Å². The van der Waals surface area contributed by atoms with Gasteiger partial charge in [-0.2, -0.15) is 0 Å². The molecule has 10 heteroatoms. The Balaban J connectivity index is 4.80. The number of hydrogen-bond acceptors (Lipinski definition) is 8. The molecule has 2 atom stereocenters. The Morgan fingerprint density at radius 2 is 0.941 bits per heavy atom. The maximum absolute atomic E-state index is 12.3. The van der Waals surface area contributed by atoms with Gasteiger partial charge in [0, 0.05) is 49.2 Å². The van der Waals surface area contributed by atoms with E-state index >= 15 is 0 Å². The maximum atomic E-state index is 12.3. The highest BCUT2D eigenvalue weighted by Gasteiger charge is 2.37. The van der Waals surface area contributed by atoms with Crippen molar-refractivity contribution >= 4 is 23.8 Å². The van der Waals surface area contributed by atoms with Crippen LogP contribution in [0.15, 0.2) is 12.2 Å². The van der Waals surface area contributed by atoms with Crippen LogP contribution in [0, 0.1) is 10.8 Å². The molecule has 0 spiro atoms. The third-order valence-electron chi connectivity index (χ3n) is 5.63. The Morgan fingerprint density at radius 1 is 0.676 bits per heavy atom. The normalized spacial score (nSPS) is 13.8. The molecule has 0 aliphatic heterocycles. The molecule has 2 N–H and O–H groups in total. The van der Waals surface area contributed by atoms with Crippen LogP contribution in [0.1, 0.15) is 55.4 Å². The minimum Gasteiger partial charge on any atom is -0.462 e. The molecule has 0 fully saturated rings. The topological polar surface area (TPSA) is 134 Å². The number of aliphatic hydroxyl groups is 2. The summed E-state index contributed by atoms with van der Waals surface area (Å²) in [4.78, 5) is 51.6. The van der Waals surface area contributed by atoms with Gasteiger partial charge in [0.25, 0.3) is 11.8 Å². The second-order valence-electron chi connectivity index (χ2n) is 9.35. The molecule has 0 unspecified atom stereocenters. The molecule has 34 heavy (non-hydrogen) atoms. The lowest BCUT2D eigenvalue weighted by Gasteiger charge is -2.32. The predicted octanol–water partition coefficient (Wildman–Crippen LogP) is 1.14. The Labute approximate surface area is 202 Å². The fourth-order valence-corrected chi connectivity index (χ4v) is 2.99. The van der Waals surface area contributed by atoms with Crippen LogP contribution in [0.3, 0.4) is 0 Å². The van der Waals surface area contributed by atoms with Crippen molar-refractivity contribution in [3.05, 3.63) is 12.2 Å². The quantitative estimate of drug-likeness (QED) is 0.276. The molecule has 0 saturated carbocycles. The molecule has 0 aliphatic rings. The van der Waals surface area contributed by atoms with E-state index in [9.17, 15) is 29.4 Å². The average molecular weight is 487 g/mol. The highest BCUT2D eigenvalue weighted by molar-refractivity contribution is 5.91. The van der Waals surface area contributed by atoms with Crippen LogP contribution >= 0.6 is 0 Å². The minimum absolute atomic E-state index is 0.244. The van der Waals surface area contributed by atoms with E-state index in [-0.39, 0.29) is 13.2 Å². The second kappa shape index (κ2) is 14.1. The second-order valence-corrected chi connectivity index (χ2v) is 9.35. The van der Waals surface area contributed by atoms with Crippen molar-refractivity contribution in [3.8, 4) is 0 Å². The number of rotatable bonds is 14. The smallest absolute Gasteiger partial charge is 0.331 e. The first kappa shape index (κ1) is 31.5. The summed E-state index contributed by atoms with van der Waals surface area (Å²) in [6.07, 6.45) is -0.966. The monoisotopic (exact) mass is 486 g/mol. The fourth-order valence-electron chi connectivity index (χ4n) is 2.99. The number of nitrogens with zero attached hydrogens (tertiary/aromatic N) is 2. The molecular weight excluding hydrogens is 444 g/mol. The zero-order valence-electron chi connectivity index (χ0n) is 21.8. The van der Waals surface area contributed by atoms with Gasteiger partial charge in [-0.25, -0.2) is 9.59 Å². The lowest BCUT2D eigenvalue weighted by molar-refractivity contribution is -0.155. The Bertz CT molecular complexity index is 664. The predicted molar refractivity (Wildman–Crippen MR) is 126 cm³/mol. The van der Waals surface area contributed by atoms with Crippen molar-refractivity contribution < 1.29 is 38.9 Å². The molecule has 0 aromatic heterocycles. The molecule has 0 bridgehead atoms. The summed E-state index contributed by atoms with van der Waals surface area (Å²) in [5.74, 6) is -2.59. The molecule has 196 valence electrons. The van der Waals surface area contributed by atoms with E-state index in [0.29, 0.717) is 26.2 Å². The van der Waals surface area contributed by atoms with Crippen LogP contribution in [0.2, 0.25) is 0 Å². The Morgan fingerprint density at radius 3 is 1.18 bits per heavy atom. The van der Waals surface area contributed by atoms with Crippen molar-refractivity contribution in [2.24, 2.45) is 10.8 Å². The number of amides is 2. The first-order valence-corrected chi connectivity index (χ1v) is 11.6. The fraction of sp³-hybridized carbons (Fsp3) is 0.750. The van der Waals surface area contributed by atoms with Gasteiger partial charge in [-0.3, -0.25) is 9.59 Å². The van der Waals surface area contributed by atoms with E-state index in [1.54, 1.807) is 55.4 Å². The standard InChI is InChI=1S/C24H42N2O8/c1-9-25(10-2)21(31)19(29)23(5,6)15-33-17(27)13-14-18(28)34-16-24(7,8)20(30)22(32)26(11-3)12-4/h13-14,19-20,29-30H,9-12,15-16H2,1-8H3/b14-13+/t19-,20-/m1/s1. The summed E-state index contributed by atoms with van der Waals surface area (Å²) in [7, 11) is 0. The number of likely N-dealkylation sites (N-methyl/N-ethyl adjacent to an activating group) is 2. The van der Waals surface area contributed by atoms with Crippen molar-refractivity contribution in [1.29, 1.82) is 0 Å². The first-order chi connectivity index (χ1) is 15.7. The number of esters is 2. The van der Waals surface area contributed by atoms with Crippen LogP contribution in [0.5, 0.6) is 0 Å². The molecule has 0 radical (unpaired) electrons. The zero-order valence-corrected chi connectivity index (χ0v) is 21.8. The molecule has 0 aliphatic carbocycles. The number of aliphatic hydroxyl groups excluding tert-OH is 2. The Hall–Kier alpha value is -2.46. The largest absolute Gasteiger partial charge is 0.462 e. The molecule has 0 heterocycles. The molecular formula is C24H42N2O8. The number of hydrogen-bond donors (Lipinski definition) is 2. The van der Waals surface area contributed by atoms with Gasteiger partial charge in [0.15, 0.2) is 0 Å². The maximum Gasteiger partial charge on any atom is 0.331 e. The summed E-state index contributed by atoms with van der Waals surface area (Å²) < 4.78 is 10.2. The SMILES string of the molecule is CCN(CC)C(=O)[C@@H](O)C(C)(C)COC(=O)/C=C/C(=O)OCC(C)(C)[C@H](O)C(=O)N(CC)CC. The van der Waals surface area contributed by atoms with Crippen LogP contribution in [0.4, 0.5) is 0 Å². The third kappa shape index (κ3) is 9.42. The van der Waals surface area contributed by atoms with Gasteiger partial charge in [-0.15, -0.1) is 0 Å². The third-order valence-corrected chi connectivity index (χ3v) is 5.63. The summed E-state index contributed by atoms with van der Waals surface area (Å²) >= 11 is 0. The minimum atomic E-state index is -1.36. The van der Waals surface area contributed by atoms with Crippen LogP contribution in [0.25, 0.3) is 0 Å². The van der Waals surface area contributed by atoms with Crippen molar-refractivity contribution in [3.63, 3.8) is 0 Å². The average Bonchev–Trinajstić information content (AvgIpc) is 2.80. The van der Waals surface area contributed by atoms with Crippen molar-refractivity contribution in [2.45, 2.75) is 67.6 Å². The van der Waals surface area contributed by atoms with Crippen molar-refractivity contribution in [1.82, 2.24) is 9.80 Å². The van der Waals surface area contributed by atoms with Gasteiger partial charge >= 0.3 is 11.9 Å². The summed E-state index contributed by atoms with van der Waals surface area (Å²) in [6.45, 7) is 14.9. The Kier molecular flexibility index (Phi) is 13.0. The van der Waals surface area contributed by atoms with E-state index < -0.39 is 46.8 Å². The number of carbonyl (C=O) groups is 4. The van der Waals surface area contributed by atoms with Gasteiger partial charge in [0.1, 0.15) is 12.2 Å². The van der Waals surface area contributed by atoms with Crippen LogP contribution in [-0.4, -0.2) is 95.4 Å². The summed E-state index contributed by atoms with van der Waals surface area (Å²) in [5, 5.41) is 20.8. The summed E-state index contributed by atoms with van der Waals surface area (Å²) in [6, 6.07) is 0. The van der Waals surface area contributed by atoms with Crippen LogP contribution in [-0.2, 0) is 28.7 Å². The number of ether oxygens (including phenoxy) is 2. The van der Waals surface area contributed by atoms with Crippen molar-refractivity contribution in [2.75, 3.05) is 39.4 Å². The molecule has 0 saturated heterocycles. The molecule has 0 rings (SSSR count). The van der Waals surface area contributed by atoms with Gasteiger partial charge in [-0.05, 0) is 27.7 Å². The van der Waals surface area contributed by atoms with E-state index in [1.165, 1.54) is 9.80 Å². The molecule has 0 aromatic rings. The van der Waals surface area contributed by atoms with E-state index in [1.807, 2.05) is 0 Å². The zero-order chi connectivity index (χ0) is 26.7. The van der Waals surface area contributed by atoms with Gasteiger partial charge in [0.05, 0.1) is 13.2 Å². The first-order valence-electron chi connectivity index (χ1n) is 11.6. The van der Waals surface area contributed by atoms with E-state index in [2.05, 4.69) is 0 Å². The summed E-state index contributed by atoms with van der Waals surface area (Å²) in [5.41, 5.74) is -2.08. The molecule has 2 amide bonds. The van der Waals surface area contributed by atoms with Gasteiger partial charge < -0.3 is 29.5 Å².